The van der Waals surface area contributed by atoms with E-state index in [2.05, 4.69) is 11.1 Å². The molecule has 0 spiro atoms. The lowest BCUT2D eigenvalue weighted by Crippen LogP contribution is -1.71. The fourth-order valence-electron chi connectivity index (χ4n) is 1.05. The minimum atomic E-state index is 0.675. The van der Waals surface area contributed by atoms with Gasteiger partial charge in [-0.15, -0.1) is 0 Å². The van der Waals surface area contributed by atoms with Crippen molar-refractivity contribution >= 4 is 23.7 Å². The van der Waals surface area contributed by atoms with E-state index in [1.807, 2.05) is 24.3 Å². The van der Waals surface area contributed by atoms with Crippen LogP contribution >= 0.6 is 11.8 Å². The molecule has 0 radical (unpaired) electrons. The first-order chi connectivity index (χ1) is 6.40. The quantitative estimate of drug-likeness (QED) is 0.624. The maximum Gasteiger partial charge on any atom is 0.107 e. The van der Waals surface area contributed by atoms with E-state index in [1.54, 1.807) is 12.3 Å². The van der Waals surface area contributed by atoms with Gasteiger partial charge in [-0.3, -0.25) is 4.99 Å². The maximum atomic E-state index is 8.74. The second-order valence-electron chi connectivity index (χ2n) is 2.49. The summed E-state index contributed by atoms with van der Waals surface area (Å²) < 4.78 is 0. The molecule has 0 bridgehead atoms. The summed E-state index contributed by atoms with van der Waals surface area (Å²) in [6.45, 7) is 0. The molecular formula is C10H6N2S. The summed E-state index contributed by atoms with van der Waals surface area (Å²) in [7, 11) is 0. The first-order valence-electron chi connectivity index (χ1n) is 3.81. The molecule has 0 N–H and O–H groups in total. The van der Waals surface area contributed by atoms with E-state index in [0.29, 0.717) is 4.91 Å². The molecule has 1 aromatic rings. The van der Waals surface area contributed by atoms with Crippen molar-refractivity contribution in [1.82, 2.24) is 0 Å². The van der Waals surface area contributed by atoms with E-state index >= 15 is 0 Å². The molecule has 2 nitrogen and oxygen atoms in total. The predicted molar refractivity (Wildman–Crippen MR) is 54.1 cm³/mol. The summed E-state index contributed by atoms with van der Waals surface area (Å²) in [6.07, 6.45) is 3.39. The van der Waals surface area contributed by atoms with Crippen LogP contribution in [0.2, 0.25) is 0 Å². The Morgan fingerprint density at radius 3 is 3.00 bits per heavy atom. The van der Waals surface area contributed by atoms with Gasteiger partial charge in [0.15, 0.2) is 0 Å². The van der Waals surface area contributed by atoms with Gasteiger partial charge in [-0.05, 0) is 18.2 Å². The lowest BCUT2D eigenvalue weighted by Gasteiger charge is -1.99. The minimum absolute atomic E-state index is 0.675. The summed E-state index contributed by atoms with van der Waals surface area (Å²) >= 11 is 1.45. The number of nitriles is 1. The standard InChI is InChI=1S/C10H6N2S/c11-7-8-5-6-12-9-3-1-2-4-10(9)13-8/h1-6H. The summed E-state index contributed by atoms with van der Waals surface area (Å²) in [6, 6.07) is 9.91. The Bertz CT molecular complexity index is 427. The van der Waals surface area contributed by atoms with Crippen molar-refractivity contribution in [2.75, 3.05) is 0 Å². The molecule has 0 aromatic heterocycles. The third-order valence-corrected chi connectivity index (χ3v) is 2.65. The number of rotatable bonds is 0. The molecule has 1 aromatic carbocycles. The second-order valence-corrected chi connectivity index (χ2v) is 3.57. The molecule has 1 aliphatic rings. The molecule has 62 valence electrons. The van der Waals surface area contributed by atoms with E-state index in [1.165, 1.54) is 11.8 Å². The fourth-order valence-corrected chi connectivity index (χ4v) is 1.83. The number of nitrogens with zero attached hydrogens (tertiary/aromatic N) is 2. The molecule has 0 amide bonds. The zero-order valence-electron chi connectivity index (χ0n) is 6.77. The van der Waals surface area contributed by atoms with Gasteiger partial charge >= 0.3 is 0 Å². The Labute approximate surface area is 80.6 Å². The molecule has 3 heteroatoms. The Kier molecular flexibility index (Phi) is 2.15. The normalized spacial score (nSPS) is 13.9. The Morgan fingerprint density at radius 2 is 2.15 bits per heavy atom. The van der Waals surface area contributed by atoms with E-state index in [0.717, 1.165) is 10.6 Å². The van der Waals surface area contributed by atoms with Gasteiger partial charge in [0.1, 0.15) is 6.07 Å². The molecular weight excluding hydrogens is 180 g/mol. The van der Waals surface area contributed by atoms with Crippen molar-refractivity contribution < 1.29 is 0 Å². The summed E-state index contributed by atoms with van der Waals surface area (Å²) in [4.78, 5) is 5.92. The molecule has 2 rings (SSSR count). The topological polar surface area (TPSA) is 36.1 Å². The lowest BCUT2D eigenvalue weighted by molar-refractivity contribution is 1.39. The number of hydrogen-bond acceptors (Lipinski definition) is 3. The highest BCUT2D eigenvalue weighted by atomic mass is 32.2. The second kappa shape index (κ2) is 3.46. The van der Waals surface area contributed by atoms with Crippen molar-refractivity contribution in [3.63, 3.8) is 0 Å². The molecule has 0 aliphatic carbocycles. The molecule has 1 heterocycles. The number of fused-ring (bicyclic) bond motifs is 1. The van der Waals surface area contributed by atoms with Gasteiger partial charge in [-0.25, -0.2) is 0 Å². The van der Waals surface area contributed by atoms with E-state index in [9.17, 15) is 0 Å². The van der Waals surface area contributed by atoms with Crippen molar-refractivity contribution in [3.8, 4) is 6.07 Å². The van der Waals surface area contributed by atoms with E-state index in [-0.39, 0.29) is 0 Å². The van der Waals surface area contributed by atoms with Crippen LogP contribution in [0.25, 0.3) is 0 Å². The number of allylic oxidation sites excluding steroid dienone is 2. The van der Waals surface area contributed by atoms with Gasteiger partial charge < -0.3 is 0 Å². The monoisotopic (exact) mass is 186 g/mol. The molecule has 0 saturated heterocycles. The Balaban J connectivity index is 2.47. The number of hydrogen-bond donors (Lipinski definition) is 0. The lowest BCUT2D eigenvalue weighted by atomic mass is 10.3. The zero-order valence-corrected chi connectivity index (χ0v) is 7.58. The van der Waals surface area contributed by atoms with Gasteiger partial charge in [-0.2, -0.15) is 5.26 Å². The Hall–Kier alpha value is -1.53. The highest BCUT2D eigenvalue weighted by molar-refractivity contribution is 8.03. The molecule has 1 aliphatic heterocycles. The third kappa shape index (κ3) is 1.63. The van der Waals surface area contributed by atoms with Crippen LogP contribution in [0, 0.1) is 11.3 Å². The van der Waals surface area contributed by atoms with Crippen LogP contribution in [-0.2, 0) is 0 Å². The van der Waals surface area contributed by atoms with Gasteiger partial charge in [0, 0.05) is 11.1 Å². The van der Waals surface area contributed by atoms with Crippen LogP contribution in [0.15, 0.2) is 45.1 Å². The molecule has 0 fully saturated rings. The molecule has 0 atom stereocenters. The highest BCUT2D eigenvalue weighted by Crippen LogP contribution is 2.35. The highest BCUT2D eigenvalue weighted by Gasteiger charge is 2.06. The van der Waals surface area contributed by atoms with Crippen molar-refractivity contribution in [1.29, 1.82) is 5.26 Å². The van der Waals surface area contributed by atoms with Crippen LogP contribution in [0.1, 0.15) is 0 Å². The average molecular weight is 186 g/mol. The number of para-hydroxylation sites is 1. The van der Waals surface area contributed by atoms with Crippen molar-refractivity contribution in [2.24, 2.45) is 4.99 Å². The smallest absolute Gasteiger partial charge is 0.107 e. The number of aliphatic imine (C=N–C) groups is 1. The first-order valence-corrected chi connectivity index (χ1v) is 4.63. The average Bonchev–Trinajstić information content (AvgIpc) is 2.38. The van der Waals surface area contributed by atoms with E-state index in [4.69, 9.17) is 5.26 Å². The third-order valence-electron chi connectivity index (χ3n) is 1.63. The minimum Gasteiger partial charge on any atom is -0.256 e. The molecule has 0 unspecified atom stereocenters. The van der Waals surface area contributed by atoms with Crippen LogP contribution in [0.5, 0.6) is 0 Å². The Morgan fingerprint density at radius 1 is 1.31 bits per heavy atom. The molecule has 0 saturated carbocycles. The fraction of sp³-hybridized carbons (Fsp3) is 0. The van der Waals surface area contributed by atoms with Crippen molar-refractivity contribution in [3.05, 3.63) is 35.2 Å². The van der Waals surface area contributed by atoms with Crippen molar-refractivity contribution in [2.45, 2.75) is 4.90 Å². The van der Waals surface area contributed by atoms with Crippen LogP contribution in [-0.4, -0.2) is 6.21 Å². The van der Waals surface area contributed by atoms with Crippen LogP contribution < -0.4 is 0 Å². The SMILES string of the molecule is N#CC1=CC=Nc2ccccc2S1. The number of thioether (sulfide) groups is 1. The maximum absolute atomic E-state index is 8.74. The number of benzene rings is 1. The summed E-state index contributed by atoms with van der Waals surface area (Å²) in [5.41, 5.74) is 0.925. The van der Waals surface area contributed by atoms with Crippen LogP contribution in [0.3, 0.4) is 0 Å². The predicted octanol–water partition coefficient (Wildman–Crippen LogP) is 2.90. The van der Waals surface area contributed by atoms with Gasteiger partial charge in [-0.1, -0.05) is 23.9 Å². The summed E-state index contributed by atoms with van der Waals surface area (Å²) in [5, 5.41) is 8.74. The largest absolute Gasteiger partial charge is 0.256 e. The molecule has 13 heavy (non-hydrogen) atoms. The zero-order chi connectivity index (χ0) is 9.10. The first kappa shape index (κ1) is 8.09. The van der Waals surface area contributed by atoms with Gasteiger partial charge in [0.05, 0.1) is 10.6 Å². The van der Waals surface area contributed by atoms with Gasteiger partial charge in [0.25, 0.3) is 0 Å². The van der Waals surface area contributed by atoms with Gasteiger partial charge in [0.2, 0.25) is 0 Å². The summed E-state index contributed by atoms with van der Waals surface area (Å²) in [5.74, 6) is 0. The van der Waals surface area contributed by atoms with E-state index < -0.39 is 0 Å². The van der Waals surface area contributed by atoms with Crippen LogP contribution in [0.4, 0.5) is 5.69 Å².